The van der Waals surface area contributed by atoms with Crippen LogP contribution in [0.5, 0.6) is 0 Å². The summed E-state index contributed by atoms with van der Waals surface area (Å²) in [6, 6.07) is 0.227. The zero-order valence-electron chi connectivity index (χ0n) is 15.6. The number of carbonyl (C=O) groups is 2. The predicted molar refractivity (Wildman–Crippen MR) is 99.4 cm³/mol. The zero-order chi connectivity index (χ0) is 18.1. The third-order valence-corrected chi connectivity index (χ3v) is 4.99. The summed E-state index contributed by atoms with van der Waals surface area (Å²) in [5.74, 6) is 1.33. The molecular weight excluding hydrogens is 318 g/mol. The van der Waals surface area contributed by atoms with Crippen molar-refractivity contribution >= 4 is 17.8 Å². The highest BCUT2D eigenvalue weighted by Crippen LogP contribution is 2.27. The monoisotopic (exact) mass is 351 g/mol. The highest BCUT2D eigenvalue weighted by Gasteiger charge is 2.32. The van der Waals surface area contributed by atoms with Gasteiger partial charge in [0.15, 0.2) is 5.96 Å². The van der Waals surface area contributed by atoms with Crippen molar-refractivity contribution in [3.63, 3.8) is 0 Å². The normalized spacial score (nSPS) is 21.4. The van der Waals surface area contributed by atoms with E-state index in [-0.39, 0.29) is 17.9 Å². The number of hydrogen-bond acceptors (Lipinski definition) is 3. The molecule has 1 saturated carbocycles. The number of nitrogens with one attached hydrogen (secondary N) is 3. The van der Waals surface area contributed by atoms with E-state index in [4.69, 9.17) is 0 Å². The average Bonchev–Trinajstić information content (AvgIpc) is 3.30. The molecule has 2 fully saturated rings. The fraction of sp³-hybridized carbons (Fsp3) is 0.833. The van der Waals surface area contributed by atoms with Gasteiger partial charge in [0.05, 0.1) is 0 Å². The summed E-state index contributed by atoms with van der Waals surface area (Å²) in [5.41, 5.74) is 0. The lowest BCUT2D eigenvalue weighted by molar-refractivity contribution is -0.134. The smallest absolute Gasteiger partial charge is 0.225 e. The predicted octanol–water partition coefficient (Wildman–Crippen LogP) is 0.859. The highest BCUT2D eigenvalue weighted by atomic mass is 16.2. The summed E-state index contributed by atoms with van der Waals surface area (Å²) in [6.07, 6.45) is 6.80. The van der Waals surface area contributed by atoms with Gasteiger partial charge in [0, 0.05) is 51.6 Å². The van der Waals surface area contributed by atoms with Gasteiger partial charge in [-0.15, -0.1) is 0 Å². The zero-order valence-corrected chi connectivity index (χ0v) is 15.6. The number of rotatable bonds is 7. The number of nitrogens with zero attached hydrogens (tertiary/aromatic N) is 2. The maximum atomic E-state index is 12.5. The second-order valence-electron chi connectivity index (χ2n) is 6.99. The van der Waals surface area contributed by atoms with Gasteiger partial charge in [-0.25, -0.2) is 0 Å². The van der Waals surface area contributed by atoms with E-state index in [1.807, 2.05) is 11.8 Å². The molecule has 0 aromatic rings. The first-order valence-electron chi connectivity index (χ1n) is 9.66. The molecule has 0 radical (unpaired) electrons. The van der Waals surface area contributed by atoms with Crippen LogP contribution in [-0.4, -0.2) is 61.9 Å². The van der Waals surface area contributed by atoms with Crippen LogP contribution in [0.4, 0.5) is 0 Å². The minimum absolute atomic E-state index is 0.0546. The summed E-state index contributed by atoms with van der Waals surface area (Å²) in [7, 11) is 1.73. The van der Waals surface area contributed by atoms with E-state index in [1.165, 1.54) is 12.8 Å². The SMILES string of the molecule is CCCNC(=O)CCNC(=NC)NC1CCN(C(=O)C2CCCC2)C1. The molecule has 2 rings (SSSR count). The van der Waals surface area contributed by atoms with Crippen LogP contribution in [0.2, 0.25) is 0 Å². The summed E-state index contributed by atoms with van der Waals surface area (Å²) < 4.78 is 0. The molecule has 1 saturated heterocycles. The van der Waals surface area contributed by atoms with Gasteiger partial charge in [-0.3, -0.25) is 14.6 Å². The number of amides is 2. The Balaban J connectivity index is 1.68. The van der Waals surface area contributed by atoms with Crippen molar-refractivity contribution in [3.05, 3.63) is 0 Å². The first-order valence-corrected chi connectivity index (χ1v) is 9.66. The van der Waals surface area contributed by atoms with Crippen molar-refractivity contribution < 1.29 is 9.59 Å². The Morgan fingerprint density at radius 2 is 1.88 bits per heavy atom. The third-order valence-electron chi connectivity index (χ3n) is 4.99. The number of carbonyl (C=O) groups excluding carboxylic acids is 2. The van der Waals surface area contributed by atoms with E-state index < -0.39 is 0 Å². The lowest BCUT2D eigenvalue weighted by Gasteiger charge is -2.21. The number of aliphatic imine (C=N–C) groups is 1. The Hall–Kier alpha value is -1.79. The molecule has 2 amide bonds. The van der Waals surface area contributed by atoms with E-state index in [1.54, 1.807) is 7.05 Å². The molecule has 1 aliphatic carbocycles. The van der Waals surface area contributed by atoms with Crippen LogP contribution in [0.25, 0.3) is 0 Å². The highest BCUT2D eigenvalue weighted by molar-refractivity contribution is 5.82. The van der Waals surface area contributed by atoms with Gasteiger partial charge < -0.3 is 20.9 Å². The molecule has 7 nitrogen and oxygen atoms in total. The minimum atomic E-state index is 0.0546. The van der Waals surface area contributed by atoms with E-state index in [0.717, 1.165) is 45.3 Å². The standard InChI is InChI=1S/C18H33N5O2/c1-3-10-20-16(24)8-11-21-18(19-2)22-15-9-12-23(13-15)17(25)14-6-4-5-7-14/h14-15H,3-13H2,1-2H3,(H,20,24)(H2,19,21,22). The summed E-state index contributed by atoms with van der Waals surface area (Å²) >= 11 is 0. The van der Waals surface area contributed by atoms with Crippen molar-refractivity contribution in [2.75, 3.05) is 33.2 Å². The van der Waals surface area contributed by atoms with Crippen molar-refractivity contribution in [2.45, 2.75) is 57.9 Å². The maximum absolute atomic E-state index is 12.5. The topological polar surface area (TPSA) is 85.8 Å². The average molecular weight is 351 g/mol. The Bertz CT molecular complexity index is 474. The molecule has 142 valence electrons. The van der Waals surface area contributed by atoms with Gasteiger partial charge in [-0.2, -0.15) is 0 Å². The molecule has 0 aromatic carbocycles. The summed E-state index contributed by atoms with van der Waals surface area (Å²) in [4.78, 5) is 30.3. The first-order chi connectivity index (χ1) is 12.1. The summed E-state index contributed by atoms with van der Waals surface area (Å²) in [6.45, 7) is 4.87. The molecule has 1 unspecified atom stereocenters. The molecule has 3 N–H and O–H groups in total. The molecule has 1 aliphatic heterocycles. The second kappa shape index (κ2) is 10.3. The van der Waals surface area contributed by atoms with Crippen molar-refractivity contribution in [1.82, 2.24) is 20.9 Å². The van der Waals surface area contributed by atoms with Gasteiger partial charge in [0.2, 0.25) is 11.8 Å². The Kier molecular flexibility index (Phi) is 8.01. The lowest BCUT2D eigenvalue weighted by Crippen LogP contribution is -2.46. The lowest BCUT2D eigenvalue weighted by atomic mass is 10.1. The minimum Gasteiger partial charge on any atom is -0.356 e. The van der Waals surface area contributed by atoms with Crippen LogP contribution in [-0.2, 0) is 9.59 Å². The van der Waals surface area contributed by atoms with Crippen LogP contribution in [0.1, 0.15) is 51.9 Å². The maximum Gasteiger partial charge on any atom is 0.225 e. The molecule has 7 heteroatoms. The first kappa shape index (κ1) is 19.5. The van der Waals surface area contributed by atoms with Crippen LogP contribution < -0.4 is 16.0 Å². The molecule has 0 aromatic heterocycles. The van der Waals surface area contributed by atoms with Crippen molar-refractivity contribution in [3.8, 4) is 0 Å². The summed E-state index contributed by atoms with van der Waals surface area (Å²) in [5, 5.41) is 9.41. The van der Waals surface area contributed by atoms with Crippen LogP contribution >= 0.6 is 0 Å². The fourth-order valence-electron chi connectivity index (χ4n) is 3.54. The van der Waals surface area contributed by atoms with Crippen LogP contribution in [0.15, 0.2) is 4.99 Å². The van der Waals surface area contributed by atoms with E-state index >= 15 is 0 Å². The molecule has 2 aliphatic rings. The van der Waals surface area contributed by atoms with Crippen molar-refractivity contribution in [2.24, 2.45) is 10.9 Å². The molecular formula is C18H33N5O2. The number of hydrogen-bond donors (Lipinski definition) is 3. The van der Waals surface area contributed by atoms with Crippen LogP contribution in [0.3, 0.4) is 0 Å². The fourth-order valence-corrected chi connectivity index (χ4v) is 3.54. The number of likely N-dealkylation sites (tertiary alicyclic amines) is 1. The van der Waals surface area contributed by atoms with Gasteiger partial charge >= 0.3 is 0 Å². The Labute approximate surface area is 151 Å². The Morgan fingerprint density at radius 3 is 2.56 bits per heavy atom. The molecule has 1 atom stereocenters. The Morgan fingerprint density at radius 1 is 1.12 bits per heavy atom. The molecule has 25 heavy (non-hydrogen) atoms. The van der Waals surface area contributed by atoms with Crippen molar-refractivity contribution in [1.29, 1.82) is 0 Å². The quantitative estimate of drug-likeness (QED) is 0.469. The van der Waals surface area contributed by atoms with E-state index in [2.05, 4.69) is 20.9 Å². The van der Waals surface area contributed by atoms with Gasteiger partial charge in [0.1, 0.15) is 0 Å². The van der Waals surface area contributed by atoms with E-state index in [9.17, 15) is 9.59 Å². The molecule has 1 heterocycles. The van der Waals surface area contributed by atoms with Gasteiger partial charge in [-0.1, -0.05) is 19.8 Å². The number of guanidine groups is 1. The molecule has 0 spiro atoms. The van der Waals surface area contributed by atoms with Crippen LogP contribution in [0, 0.1) is 5.92 Å². The third kappa shape index (κ3) is 6.21. The van der Waals surface area contributed by atoms with E-state index in [0.29, 0.717) is 24.8 Å². The largest absolute Gasteiger partial charge is 0.356 e. The second-order valence-corrected chi connectivity index (χ2v) is 6.99. The molecule has 0 bridgehead atoms. The van der Waals surface area contributed by atoms with Gasteiger partial charge in [0.25, 0.3) is 0 Å². The van der Waals surface area contributed by atoms with Gasteiger partial charge in [-0.05, 0) is 25.7 Å².